The van der Waals surface area contributed by atoms with Crippen LogP contribution in [0.5, 0.6) is 5.75 Å². The molecule has 1 amide bonds. The van der Waals surface area contributed by atoms with Crippen molar-refractivity contribution in [3.05, 3.63) is 28.2 Å². The Morgan fingerprint density at radius 3 is 2.74 bits per heavy atom. The fourth-order valence-electron chi connectivity index (χ4n) is 1.98. The Hall–Kier alpha value is -1.07. The molecule has 1 rings (SSSR count). The largest absolute Gasteiger partial charge is 0.496 e. The van der Waals surface area contributed by atoms with Gasteiger partial charge < -0.3 is 15.0 Å². The first-order valence-electron chi connectivity index (χ1n) is 6.20. The maximum atomic E-state index is 11.5. The second kappa shape index (κ2) is 7.50. The standard InChI is InChI=1S/C14H21BrN2O2/c1-10(14(18)16-2)8-17(3)9-11-5-6-13(19-4)12(15)7-11/h5-7,10H,8-9H2,1-4H3,(H,16,18). The lowest BCUT2D eigenvalue weighted by molar-refractivity contribution is -0.124. The summed E-state index contributed by atoms with van der Waals surface area (Å²) in [6.07, 6.45) is 0. The van der Waals surface area contributed by atoms with Crippen LogP contribution in [0.3, 0.4) is 0 Å². The number of nitrogens with zero attached hydrogens (tertiary/aromatic N) is 1. The maximum absolute atomic E-state index is 11.5. The van der Waals surface area contributed by atoms with Crippen LogP contribution in [0.2, 0.25) is 0 Å². The predicted octanol–water partition coefficient (Wildman–Crippen LogP) is 2.27. The molecule has 1 aromatic rings. The van der Waals surface area contributed by atoms with Crippen LogP contribution in [-0.4, -0.2) is 38.6 Å². The van der Waals surface area contributed by atoms with Gasteiger partial charge >= 0.3 is 0 Å². The van der Waals surface area contributed by atoms with Crippen molar-refractivity contribution in [3.8, 4) is 5.75 Å². The number of halogens is 1. The summed E-state index contributed by atoms with van der Waals surface area (Å²) in [5, 5.41) is 2.67. The molecule has 0 fully saturated rings. The molecule has 0 aliphatic carbocycles. The van der Waals surface area contributed by atoms with Crippen LogP contribution in [0.15, 0.2) is 22.7 Å². The van der Waals surface area contributed by atoms with Crippen LogP contribution in [0, 0.1) is 5.92 Å². The van der Waals surface area contributed by atoms with Crippen LogP contribution in [0.25, 0.3) is 0 Å². The van der Waals surface area contributed by atoms with Gasteiger partial charge in [0.25, 0.3) is 0 Å². The highest BCUT2D eigenvalue weighted by molar-refractivity contribution is 9.10. The molecule has 5 heteroatoms. The normalized spacial score (nSPS) is 12.3. The highest BCUT2D eigenvalue weighted by atomic mass is 79.9. The number of benzene rings is 1. The molecule has 4 nitrogen and oxygen atoms in total. The van der Waals surface area contributed by atoms with E-state index in [9.17, 15) is 4.79 Å². The minimum absolute atomic E-state index is 0.0170. The van der Waals surface area contributed by atoms with Gasteiger partial charge in [-0.2, -0.15) is 0 Å². The molecule has 1 aromatic carbocycles. The Labute approximate surface area is 123 Å². The number of carbonyl (C=O) groups is 1. The van der Waals surface area contributed by atoms with Crippen molar-refractivity contribution in [3.63, 3.8) is 0 Å². The van der Waals surface area contributed by atoms with Gasteiger partial charge in [-0.1, -0.05) is 13.0 Å². The number of carbonyl (C=O) groups excluding carboxylic acids is 1. The number of ether oxygens (including phenoxy) is 1. The fraction of sp³-hybridized carbons (Fsp3) is 0.500. The monoisotopic (exact) mass is 328 g/mol. The molecule has 1 N–H and O–H groups in total. The van der Waals surface area contributed by atoms with Crippen molar-refractivity contribution < 1.29 is 9.53 Å². The summed E-state index contributed by atoms with van der Waals surface area (Å²) in [6, 6.07) is 6.01. The molecule has 0 saturated carbocycles. The van der Waals surface area contributed by atoms with E-state index in [0.29, 0.717) is 0 Å². The molecule has 0 spiro atoms. The number of hydrogen-bond acceptors (Lipinski definition) is 3. The number of hydrogen-bond donors (Lipinski definition) is 1. The molecule has 1 atom stereocenters. The molecule has 1 unspecified atom stereocenters. The summed E-state index contributed by atoms with van der Waals surface area (Å²) in [6.45, 7) is 3.45. The fourth-order valence-corrected chi connectivity index (χ4v) is 2.57. The van der Waals surface area contributed by atoms with Crippen LogP contribution in [0.4, 0.5) is 0 Å². The van der Waals surface area contributed by atoms with E-state index in [1.165, 1.54) is 5.56 Å². The van der Waals surface area contributed by atoms with Crippen molar-refractivity contribution in [1.82, 2.24) is 10.2 Å². The van der Waals surface area contributed by atoms with E-state index in [4.69, 9.17) is 4.74 Å². The van der Waals surface area contributed by atoms with E-state index < -0.39 is 0 Å². The summed E-state index contributed by atoms with van der Waals surface area (Å²) in [5.74, 6) is 0.879. The Balaban J connectivity index is 2.59. The third-order valence-electron chi connectivity index (χ3n) is 2.95. The van der Waals surface area contributed by atoms with Crippen molar-refractivity contribution in [2.24, 2.45) is 5.92 Å². The zero-order valence-electron chi connectivity index (χ0n) is 11.9. The maximum Gasteiger partial charge on any atom is 0.223 e. The number of rotatable bonds is 6. The minimum atomic E-state index is -0.0170. The Kier molecular flexibility index (Phi) is 6.31. The Morgan fingerprint density at radius 1 is 1.53 bits per heavy atom. The van der Waals surface area contributed by atoms with Gasteiger partial charge in [0, 0.05) is 26.1 Å². The van der Waals surface area contributed by atoms with E-state index in [0.717, 1.165) is 23.3 Å². The third kappa shape index (κ3) is 4.84. The first-order valence-corrected chi connectivity index (χ1v) is 6.99. The highest BCUT2D eigenvalue weighted by Crippen LogP contribution is 2.25. The van der Waals surface area contributed by atoms with Crippen LogP contribution >= 0.6 is 15.9 Å². The predicted molar refractivity (Wildman–Crippen MR) is 80.3 cm³/mol. The minimum Gasteiger partial charge on any atom is -0.496 e. The van der Waals surface area contributed by atoms with E-state index in [2.05, 4.69) is 26.1 Å². The van der Waals surface area contributed by atoms with Gasteiger partial charge in [0.1, 0.15) is 5.75 Å². The summed E-state index contributed by atoms with van der Waals surface area (Å²) in [5.41, 5.74) is 1.18. The number of methoxy groups -OCH3 is 1. The molecule has 0 bridgehead atoms. The molecule has 19 heavy (non-hydrogen) atoms. The van der Waals surface area contributed by atoms with Crippen LogP contribution in [0.1, 0.15) is 12.5 Å². The SMILES string of the molecule is CNC(=O)C(C)CN(C)Cc1ccc(OC)c(Br)c1. The molecule has 0 saturated heterocycles. The van der Waals surface area contributed by atoms with Crippen molar-refractivity contribution >= 4 is 21.8 Å². The van der Waals surface area contributed by atoms with Gasteiger partial charge in [0.15, 0.2) is 0 Å². The molecule has 0 radical (unpaired) electrons. The highest BCUT2D eigenvalue weighted by Gasteiger charge is 2.14. The van der Waals surface area contributed by atoms with Gasteiger partial charge in [-0.05, 0) is 40.7 Å². The van der Waals surface area contributed by atoms with Crippen molar-refractivity contribution in [2.75, 3.05) is 27.7 Å². The van der Waals surface area contributed by atoms with Gasteiger partial charge in [-0.15, -0.1) is 0 Å². The molecule has 0 aromatic heterocycles. The first kappa shape index (κ1) is 16.0. The smallest absolute Gasteiger partial charge is 0.223 e. The Bertz CT molecular complexity index is 437. The molecular weight excluding hydrogens is 308 g/mol. The lowest BCUT2D eigenvalue weighted by Gasteiger charge is -2.20. The lowest BCUT2D eigenvalue weighted by atomic mass is 10.1. The van der Waals surface area contributed by atoms with E-state index in [-0.39, 0.29) is 11.8 Å². The van der Waals surface area contributed by atoms with Crippen LogP contribution in [-0.2, 0) is 11.3 Å². The van der Waals surface area contributed by atoms with Crippen molar-refractivity contribution in [2.45, 2.75) is 13.5 Å². The molecule has 0 aliphatic rings. The molecule has 106 valence electrons. The van der Waals surface area contributed by atoms with E-state index in [1.807, 2.05) is 32.2 Å². The summed E-state index contributed by atoms with van der Waals surface area (Å²) in [4.78, 5) is 13.6. The van der Waals surface area contributed by atoms with Gasteiger partial charge in [0.2, 0.25) is 5.91 Å². The average Bonchev–Trinajstić information content (AvgIpc) is 2.37. The summed E-state index contributed by atoms with van der Waals surface area (Å²) >= 11 is 3.47. The van der Waals surface area contributed by atoms with Gasteiger partial charge in [0.05, 0.1) is 11.6 Å². The zero-order chi connectivity index (χ0) is 14.4. The Morgan fingerprint density at radius 2 is 2.21 bits per heavy atom. The van der Waals surface area contributed by atoms with E-state index in [1.54, 1.807) is 14.2 Å². The second-order valence-corrected chi connectivity index (χ2v) is 5.54. The first-order chi connectivity index (χ1) is 8.97. The number of nitrogens with one attached hydrogen (secondary N) is 1. The molecule has 0 heterocycles. The topological polar surface area (TPSA) is 41.6 Å². The second-order valence-electron chi connectivity index (χ2n) is 4.68. The van der Waals surface area contributed by atoms with Gasteiger partial charge in [-0.3, -0.25) is 4.79 Å². The molecule has 0 aliphatic heterocycles. The van der Waals surface area contributed by atoms with Crippen molar-refractivity contribution in [1.29, 1.82) is 0 Å². The zero-order valence-corrected chi connectivity index (χ0v) is 13.5. The van der Waals surface area contributed by atoms with Crippen LogP contribution < -0.4 is 10.1 Å². The van der Waals surface area contributed by atoms with E-state index >= 15 is 0 Å². The summed E-state index contributed by atoms with van der Waals surface area (Å²) < 4.78 is 6.15. The lowest BCUT2D eigenvalue weighted by Crippen LogP contribution is -2.34. The third-order valence-corrected chi connectivity index (χ3v) is 3.57. The average molecular weight is 329 g/mol. The summed E-state index contributed by atoms with van der Waals surface area (Å²) in [7, 11) is 5.33. The number of amides is 1. The quantitative estimate of drug-likeness (QED) is 0.871. The van der Waals surface area contributed by atoms with Gasteiger partial charge in [-0.25, -0.2) is 0 Å². The molecular formula is C14H21BrN2O2.